The number of para-hydroxylation sites is 1. The zero-order chi connectivity index (χ0) is 30.3. The molecule has 0 saturated heterocycles. The van der Waals surface area contributed by atoms with Crippen molar-refractivity contribution in [3.63, 3.8) is 0 Å². The maximum absolute atomic E-state index is 9.56. The van der Waals surface area contributed by atoms with Crippen molar-refractivity contribution in [2.75, 3.05) is 4.90 Å². The van der Waals surface area contributed by atoms with Crippen LogP contribution in [-0.4, -0.2) is 0 Å². The molecule has 0 atom stereocenters. The van der Waals surface area contributed by atoms with Crippen molar-refractivity contribution >= 4 is 29.2 Å². The van der Waals surface area contributed by atoms with Crippen molar-refractivity contribution in [1.29, 1.82) is 15.8 Å². The molecule has 0 N–H and O–H groups in total. The van der Waals surface area contributed by atoms with Gasteiger partial charge in [0.25, 0.3) is 5.70 Å². The molecule has 5 nitrogen and oxygen atoms in total. The van der Waals surface area contributed by atoms with E-state index in [1.165, 1.54) is 0 Å². The fraction of sp³-hybridized carbons (Fsp3) is 0.0256. The lowest BCUT2D eigenvalue weighted by atomic mass is 9.64. The van der Waals surface area contributed by atoms with Crippen molar-refractivity contribution in [3.8, 4) is 29.3 Å². The van der Waals surface area contributed by atoms with Crippen LogP contribution in [0.1, 0.15) is 33.4 Å². The molecule has 5 aromatic rings. The summed E-state index contributed by atoms with van der Waals surface area (Å²) in [6.45, 7) is 7.48. The Labute approximate surface area is 255 Å². The van der Waals surface area contributed by atoms with Gasteiger partial charge in [-0.25, -0.2) is 10.1 Å². The summed E-state index contributed by atoms with van der Waals surface area (Å²) in [5.41, 5.74) is 10.2. The highest BCUT2D eigenvalue weighted by Gasteiger charge is 2.51. The molecule has 0 radical (unpaired) electrons. The minimum absolute atomic E-state index is 0.00954. The van der Waals surface area contributed by atoms with Gasteiger partial charge in [-0.2, -0.15) is 10.5 Å². The summed E-state index contributed by atoms with van der Waals surface area (Å²) < 4.78 is 0. The number of allylic oxidation sites excluding steroid dienone is 2. The number of hydrogen-bond donors (Lipinski definition) is 0. The highest BCUT2D eigenvalue weighted by atomic mass is 15.2. The number of fused-ring (bicyclic) bond motifs is 9. The van der Waals surface area contributed by atoms with Crippen molar-refractivity contribution in [2.24, 2.45) is 0 Å². The van der Waals surface area contributed by atoms with Gasteiger partial charge in [-0.3, -0.25) is 0 Å². The Morgan fingerprint density at radius 2 is 1.14 bits per heavy atom. The van der Waals surface area contributed by atoms with Gasteiger partial charge in [-0.05, 0) is 93.1 Å². The summed E-state index contributed by atoms with van der Waals surface area (Å²) in [5.74, 6) is 0. The van der Waals surface area contributed by atoms with Crippen LogP contribution in [0.15, 0.2) is 127 Å². The molecule has 1 heterocycles. The molecule has 1 spiro atoms. The predicted octanol–water partition coefficient (Wildman–Crippen LogP) is 9.05. The summed E-state index contributed by atoms with van der Waals surface area (Å²) in [5, 5.41) is 28.7. The SMILES string of the molecule is [C-]#[N+]/C(C#N)=C/c1ccc2c(c1)C1(c3ccccc3-c3ccccc31)c1cc(C=C(C#N)C#N)ccc1N2c1ccccc1. The second-order valence-electron chi connectivity index (χ2n) is 10.6. The van der Waals surface area contributed by atoms with Crippen LogP contribution in [0.2, 0.25) is 0 Å². The van der Waals surface area contributed by atoms with Gasteiger partial charge in [-0.1, -0.05) is 78.9 Å². The Balaban J connectivity index is 1.67. The molecule has 0 bridgehead atoms. The Kier molecular flexibility index (Phi) is 6.15. The molecule has 0 unspecified atom stereocenters. The average Bonchev–Trinajstić information content (AvgIpc) is 3.38. The maximum Gasteiger partial charge on any atom is 0.262 e. The van der Waals surface area contributed by atoms with Crippen LogP contribution in [0.5, 0.6) is 0 Å². The molecular weight excluding hydrogens is 538 g/mol. The van der Waals surface area contributed by atoms with Crippen LogP contribution < -0.4 is 4.90 Å². The third kappa shape index (κ3) is 3.76. The first kappa shape index (κ1) is 26.3. The molecule has 5 heteroatoms. The van der Waals surface area contributed by atoms with Crippen LogP contribution in [-0.2, 0) is 5.41 Å². The molecule has 0 saturated carbocycles. The minimum Gasteiger partial charge on any atom is -0.310 e. The zero-order valence-electron chi connectivity index (χ0n) is 23.4. The molecule has 1 aliphatic heterocycles. The van der Waals surface area contributed by atoms with E-state index in [1.807, 2.05) is 48.5 Å². The van der Waals surface area contributed by atoms with Crippen molar-refractivity contribution in [1.82, 2.24) is 0 Å². The topological polar surface area (TPSA) is 79.0 Å². The lowest BCUT2D eigenvalue weighted by Gasteiger charge is -2.45. The summed E-state index contributed by atoms with van der Waals surface area (Å²) in [6.07, 6.45) is 3.25. The quantitative estimate of drug-likeness (QED) is 0.160. The van der Waals surface area contributed by atoms with Crippen molar-refractivity contribution in [2.45, 2.75) is 5.41 Å². The van der Waals surface area contributed by atoms with Crippen molar-refractivity contribution in [3.05, 3.63) is 171 Å². The van der Waals surface area contributed by atoms with E-state index in [4.69, 9.17) is 6.57 Å². The Morgan fingerprint density at radius 1 is 0.614 bits per heavy atom. The highest BCUT2D eigenvalue weighted by molar-refractivity contribution is 5.96. The minimum atomic E-state index is -0.763. The fourth-order valence-corrected chi connectivity index (χ4v) is 6.73. The molecule has 202 valence electrons. The van der Waals surface area contributed by atoms with Crippen LogP contribution in [0.25, 0.3) is 28.1 Å². The van der Waals surface area contributed by atoms with E-state index in [0.717, 1.165) is 61.6 Å². The van der Waals surface area contributed by atoms with Gasteiger partial charge in [0.1, 0.15) is 17.7 Å². The largest absolute Gasteiger partial charge is 0.310 e. The number of nitriles is 3. The Morgan fingerprint density at radius 3 is 1.66 bits per heavy atom. The van der Waals surface area contributed by atoms with Crippen LogP contribution in [0, 0.1) is 40.6 Å². The van der Waals surface area contributed by atoms with Gasteiger partial charge in [0.15, 0.2) is 0 Å². The van der Waals surface area contributed by atoms with E-state index < -0.39 is 5.41 Å². The van der Waals surface area contributed by atoms with Crippen LogP contribution >= 0.6 is 0 Å². The normalized spacial score (nSPS) is 13.2. The maximum atomic E-state index is 9.56. The van der Waals surface area contributed by atoms with Crippen LogP contribution in [0.4, 0.5) is 17.1 Å². The highest BCUT2D eigenvalue weighted by Crippen LogP contribution is 2.63. The first-order valence-electron chi connectivity index (χ1n) is 14.0. The number of anilines is 3. The first-order chi connectivity index (χ1) is 21.6. The molecule has 0 aromatic heterocycles. The standard InChI is InChI=1S/C39H21N5/c1-43-29(25-42)20-27-16-18-38-36(22-27)39(33-13-7-5-11-31(33)32-12-6-8-14-34(32)39)35-21-26(19-28(23-40)24-41)15-17-37(35)44(38)30-9-3-2-4-10-30/h2-22H/b29-20+. The van der Waals surface area contributed by atoms with Gasteiger partial charge >= 0.3 is 0 Å². The molecule has 7 rings (SSSR count). The molecule has 1 aliphatic carbocycles. The molecule has 2 aliphatic rings. The van der Waals surface area contributed by atoms with E-state index in [1.54, 1.807) is 12.2 Å². The third-order valence-electron chi connectivity index (χ3n) is 8.39. The van der Waals surface area contributed by atoms with Gasteiger partial charge in [-0.15, -0.1) is 0 Å². The van der Waals surface area contributed by atoms with Crippen molar-refractivity contribution < 1.29 is 0 Å². The predicted molar refractivity (Wildman–Crippen MR) is 171 cm³/mol. The number of nitrogens with zero attached hydrogens (tertiary/aromatic N) is 5. The second-order valence-corrected chi connectivity index (χ2v) is 10.6. The Bertz CT molecular complexity index is 2060. The third-order valence-corrected chi connectivity index (χ3v) is 8.39. The van der Waals surface area contributed by atoms with Crippen LogP contribution in [0.3, 0.4) is 0 Å². The molecule has 0 fully saturated rings. The van der Waals surface area contributed by atoms with Gasteiger partial charge in [0.05, 0.1) is 29.4 Å². The van der Waals surface area contributed by atoms with E-state index in [-0.39, 0.29) is 11.3 Å². The lowest BCUT2D eigenvalue weighted by Crippen LogP contribution is -2.36. The first-order valence-corrected chi connectivity index (χ1v) is 14.0. The molecular formula is C39H21N5. The fourth-order valence-electron chi connectivity index (χ4n) is 6.73. The Hall–Kier alpha value is -6.66. The summed E-state index contributed by atoms with van der Waals surface area (Å²) >= 11 is 0. The van der Waals surface area contributed by atoms with E-state index in [9.17, 15) is 15.8 Å². The van der Waals surface area contributed by atoms with Gasteiger partial charge < -0.3 is 4.90 Å². The second kappa shape index (κ2) is 10.3. The molecule has 5 aromatic carbocycles. The average molecular weight is 560 g/mol. The zero-order valence-corrected chi connectivity index (χ0v) is 23.4. The van der Waals surface area contributed by atoms with E-state index >= 15 is 0 Å². The summed E-state index contributed by atoms with van der Waals surface area (Å²) in [6, 6.07) is 45.2. The van der Waals surface area contributed by atoms with E-state index in [0.29, 0.717) is 0 Å². The molecule has 44 heavy (non-hydrogen) atoms. The number of rotatable bonds is 3. The monoisotopic (exact) mass is 559 g/mol. The smallest absolute Gasteiger partial charge is 0.262 e. The number of benzene rings is 5. The summed E-state index contributed by atoms with van der Waals surface area (Å²) in [7, 11) is 0. The number of hydrogen-bond acceptors (Lipinski definition) is 4. The van der Waals surface area contributed by atoms with Gasteiger partial charge in [0, 0.05) is 5.69 Å². The summed E-state index contributed by atoms with van der Waals surface area (Å²) in [4.78, 5) is 5.64. The molecule has 0 amide bonds. The van der Waals surface area contributed by atoms with Gasteiger partial charge in [0.2, 0.25) is 0 Å². The lowest BCUT2D eigenvalue weighted by molar-refractivity contribution is 0.752. The van der Waals surface area contributed by atoms with E-state index in [2.05, 4.69) is 94.7 Å².